The highest BCUT2D eigenvalue weighted by Gasteiger charge is 2.17. The first-order chi connectivity index (χ1) is 3.79. The second-order valence-corrected chi connectivity index (χ2v) is 2.32. The van der Waals surface area contributed by atoms with Gasteiger partial charge >= 0.3 is 0 Å². The monoisotopic (exact) mass is 135 g/mol. The molecule has 0 aromatic carbocycles. The lowest BCUT2D eigenvalue weighted by molar-refractivity contribution is -0.0913. The fourth-order valence-electron chi connectivity index (χ4n) is 0.632. The van der Waals surface area contributed by atoms with Gasteiger partial charge in [0.1, 0.15) is 0 Å². The molecule has 1 N–H and O–H groups in total. The van der Waals surface area contributed by atoms with Gasteiger partial charge in [-0.25, -0.2) is 0 Å². The molecule has 0 spiro atoms. The molecule has 0 saturated carbocycles. The summed E-state index contributed by atoms with van der Waals surface area (Å²) in [5.74, 6) is 0. The number of aliphatic hydroxyl groups excluding tert-OH is 1. The lowest BCUT2D eigenvalue weighted by Gasteiger charge is -2.20. The van der Waals surface area contributed by atoms with E-state index < -0.39 is 6.29 Å². The second-order valence-electron chi connectivity index (χ2n) is 1.76. The molecule has 1 fully saturated rings. The van der Waals surface area contributed by atoms with Crippen LogP contribution in [-0.4, -0.2) is 23.4 Å². The predicted octanol–water partition coefficient (Wildman–Crippen LogP) is 0.537. The molecular formula is C5H8ClO2. The standard InChI is InChI=1S/C5H8ClO2/c6-4-1-2-8-5(7)3-4/h3-5,7H,1-2H2. The molecule has 47 valence electrons. The third-order valence-electron chi connectivity index (χ3n) is 1.06. The van der Waals surface area contributed by atoms with Gasteiger partial charge in [0.05, 0.1) is 6.61 Å². The van der Waals surface area contributed by atoms with E-state index >= 15 is 0 Å². The number of aliphatic hydroxyl groups is 1. The van der Waals surface area contributed by atoms with Crippen LogP contribution >= 0.6 is 11.6 Å². The van der Waals surface area contributed by atoms with E-state index in [1.165, 1.54) is 0 Å². The minimum atomic E-state index is -0.744. The van der Waals surface area contributed by atoms with Crippen LogP contribution in [0.15, 0.2) is 0 Å². The molecule has 3 heteroatoms. The average molecular weight is 136 g/mol. The van der Waals surface area contributed by atoms with Gasteiger partial charge in [-0.1, -0.05) is 0 Å². The maximum atomic E-state index is 8.72. The van der Waals surface area contributed by atoms with Crippen molar-refractivity contribution in [3.8, 4) is 0 Å². The van der Waals surface area contributed by atoms with Crippen molar-refractivity contribution in [1.82, 2.24) is 0 Å². The van der Waals surface area contributed by atoms with Gasteiger partial charge in [-0.05, 0) is 6.42 Å². The largest absolute Gasteiger partial charge is 0.368 e. The van der Waals surface area contributed by atoms with E-state index in [1.807, 2.05) is 0 Å². The zero-order valence-corrected chi connectivity index (χ0v) is 5.14. The van der Waals surface area contributed by atoms with Gasteiger partial charge in [0.25, 0.3) is 0 Å². The Bertz CT molecular complexity index is 68.8. The van der Waals surface area contributed by atoms with Crippen LogP contribution < -0.4 is 0 Å². The molecule has 0 aromatic heterocycles. The van der Waals surface area contributed by atoms with E-state index in [1.54, 1.807) is 6.42 Å². The summed E-state index contributed by atoms with van der Waals surface area (Å²) in [4.78, 5) is 0. The topological polar surface area (TPSA) is 29.5 Å². The van der Waals surface area contributed by atoms with Crippen LogP contribution in [0.1, 0.15) is 6.42 Å². The van der Waals surface area contributed by atoms with Gasteiger partial charge < -0.3 is 9.84 Å². The molecule has 1 aliphatic heterocycles. The Labute approximate surface area is 53.4 Å². The summed E-state index contributed by atoms with van der Waals surface area (Å²) in [6.45, 7) is 0.561. The second kappa shape index (κ2) is 2.67. The van der Waals surface area contributed by atoms with Gasteiger partial charge in [-0.2, -0.15) is 0 Å². The average Bonchev–Trinajstić information content (AvgIpc) is 1.64. The number of halogens is 1. The summed E-state index contributed by atoms with van der Waals surface area (Å²) in [7, 11) is 0. The van der Waals surface area contributed by atoms with E-state index in [4.69, 9.17) is 21.4 Å². The molecule has 1 rings (SSSR count). The molecule has 0 bridgehead atoms. The SMILES string of the molecule is OC1[CH]C(Cl)CCO1. The highest BCUT2D eigenvalue weighted by Crippen LogP contribution is 2.15. The van der Waals surface area contributed by atoms with E-state index in [0.717, 1.165) is 6.42 Å². The van der Waals surface area contributed by atoms with Gasteiger partial charge in [0.2, 0.25) is 0 Å². The molecule has 1 heterocycles. The van der Waals surface area contributed by atoms with Gasteiger partial charge in [-0.15, -0.1) is 11.6 Å². The number of hydrogen-bond donors (Lipinski definition) is 1. The molecule has 1 saturated heterocycles. The first-order valence-electron chi connectivity index (χ1n) is 2.58. The molecule has 0 aliphatic carbocycles. The zero-order chi connectivity index (χ0) is 5.98. The van der Waals surface area contributed by atoms with Gasteiger partial charge in [-0.3, -0.25) is 0 Å². The summed E-state index contributed by atoms with van der Waals surface area (Å²) >= 11 is 5.62. The van der Waals surface area contributed by atoms with Crippen LogP contribution in [0.2, 0.25) is 0 Å². The van der Waals surface area contributed by atoms with Crippen molar-refractivity contribution >= 4 is 11.6 Å². The molecule has 2 unspecified atom stereocenters. The lowest BCUT2D eigenvalue weighted by Crippen LogP contribution is -2.26. The highest BCUT2D eigenvalue weighted by molar-refractivity contribution is 6.21. The number of ether oxygens (including phenoxy) is 1. The molecule has 2 atom stereocenters. The Morgan fingerprint density at radius 3 is 2.88 bits per heavy atom. The molecule has 0 aromatic rings. The number of hydrogen-bond acceptors (Lipinski definition) is 2. The minimum absolute atomic E-state index is 0.0150. The van der Waals surface area contributed by atoms with E-state index in [9.17, 15) is 0 Å². The first-order valence-corrected chi connectivity index (χ1v) is 3.01. The van der Waals surface area contributed by atoms with E-state index in [0.29, 0.717) is 6.61 Å². The number of rotatable bonds is 0. The van der Waals surface area contributed by atoms with Crippen molar-refractivity contribution in [3.05, 3.63) is 6.42 Å². The van der Waals surface area contributed by atoms with Crippen LogP contribution in [0.3, 0.4) is 0 Å². The molecule has 1 aliphatic rings. The summed E-state index contributed by atoms with van der Waals surface area (Å²) < 4.78 is 4.76. The molecule has 1 radical (unpaired) electrons. The Hall–Kier alpha value is 0.210. The van der Waals surface area contributed by atoms with Crippen LogP contribution in [-0.2, 0) is 4.74 Å². The third-order valence-corrected chi connectivity index (χ3v) is 1.42. The highest BCUT2D eigenvalue weighted by atomic mass is 35.5. The summed E-state index contributed by atoms with van der Waals surface area (Å²) in [6, 6.07) is 0. The summed E-state index contributed by atoms with van der Waals surface area (Å²) in [6.07, 6.45) is 1.63. The van der Waals surface area contributed by atoms with Crippen molar-refractivity contribution < 1.29 is 9.84 Å². The van der Waals surface area contributed by atoms with Crippen molar-refractivity contribution in [2.24, 2.45) is 0 Å². The maximum absolute atomic E-state index is 8.72. The quantitative estimate of drug-likeness (QED) is 0.492. The third kappa shape index (κ3) is 1.62. The van der Waals surface area contributed by atoms with Crippen molar-refractivity contribution in [2.45, 2.75) is 18.1 Å². The van der Waals surface area contributed by atoms with Crippen molar-refractivity contribution in [3.63, 3.8) is 0 Å². The van der Waals surface area contributed by atoms with E-state index in [-0.39, 0.29) is 5.38 Å². The van der Waals surface area contributed by atoms with Crippen molar-refractivity contribution in [2.75, 3.05) is 6.61 Å². The number of alkyl halides is 1. The van der Waals surface area contributed by atoms with Crippen LogP contribution in [0.4, 0.5) is 0 Å². The maximum Gasteiger partial charge on any atom is 0.159 e. The normalized spacial score (nSPS) is 39.8. The summed E-state index contributed by atoms with van der Waals surface area (Å²) in [5, 5.41) is 8.70. The van der Waals surface area contributed by atoms with Crippen LogP contribution in [0.25, 0.3) is 0 Å². The van der Waals surface area contributed by atoms with E-state index in [2.05, 4.69) is 0 Å². The lowest BCUT2D eigenvalue weighted by atomic mass is 10.2. The van der Waals surface area contributed by atoms with Gasteiger partial charge in [0.15, 0.2) is 6.29 Å². The summed E-state index contributed by atoms with van der Waals surface area (Å²) in [5.41, 5.74) is 0. The molecular weight excluding hydrogens is 128 g/mol. The minimum Gasteiger partial charge on any atom is -0.368 e. The smallest absolute Gasteiger partial charge is 0.159 e. The Balaban J connectivity index is 2.23. The first kappa shape index (κ1) is 6.33. The molecule has 0 amide bonds. The van der Waals surface area contributed by atoms with Crippen molar-refractivity contribution in [1.29, 1.82) is 0 Å². The Morgan fingerprint density at radius 2 is 2.50 bits per heavy atom. The molecule has 2 nitrogen and oxygen atoms in total. The fourth-order valence-corrected chi connectivity index (χ4v) is 0.845. The zero-order valence-electron chi connectivity index (χ0n) is 4.38. The van der Waals surface area contributed by atoms with Gasteiger partial charge in [0, 0.05) is 11.8 Å². The molecule has 8 heavy (non-hydrogen) atoms. The Kier molecular flexibility index (Phi) is 2.11. The van der Waals surface area contributed by atoms with Crippen LogP contribution in [0, 0.1) is 6.42 Å². The fraction of sp³-hybridized carbons (Fsp3) is 0.800. The Morgan fingerprint density at radius 1 is 1.75 bits per heavy atom. The van der Waals surface area contributed by atoms with Crippen LogP contribution in [0.5, 0.6) is 0 Å². The predicted molar refractivity (Wildman–Crippen MR) is 30.5 cm³/mol.